The molecule has 2 atom stereocenters. The molecule has 0 aliphatic carbocycles. The van der Waals surface area contributed by atoms with E-state index in [0.29, 0.717) is 33.0 Å². The summed E-state index contributed by atoms with van der Waals surface area (Å²) >= 11 is 9.97. The van der Waals surface area contributed by atoms with E-state index in [2.05, 4.69) is 28.1 Å². The van der Waals surface area contributed by atoms with Crippen molar-refractivity contribution in [3.8, 4) is 17.2 Å². The van der Waals surface area contributed by atoms with Gasteiger partial charge in [0, 0.05) is 22.6 Å². The van der Waals surface area contributed by atoms with Gasteiger partial charge in [0.25, 0.3) is 0 Å². The molecule has 6 nitrogen and oxygen atoms in total. The minimum Gasteiger partial charge on any atom is -0.493 e. The largest absolute Gasteiger partial charge is 0.493 e. The monoisotopic (exact) mass is 602 g/mol. The van der Waals surface area contributed by atoms with E-state index in [1.165, 1.54) is 7.11 Å². The molecule has 0 unspecified atom stereocenters. The SMILES string of the molecule is COc1cc([C@@H]2Oc3ccc(Cl)cc3[C@@H]3CC(c4ccccc4)=NN32)cc(Br)c1OC(=O)c1ccc(C)cc1. The predicted molar refractivity (Wildman–Crippen MR) is 154 cm³/mol. The van der Waals surface area contributed by atoms with E-state index >= 15 is 0 Å². The first-order chi connectivity index (χ1) is 18.9. The minimum absolute atomic E-state index is 0.0588. The first-order valence-electron chi connectivity index (χ1n) is 12.4. The van der Waals surface area contributed by atoms with Gasteiger partial charge in [-0.1, -0.05) is 59.6 Å². The molecule has 2 aliphatic rings. The van der Waals surface area contributed by atoms with Gasteiger partial charge in [-0.15, -0.1) is 0 Å². The lowest BCUT2D eigenvalue weighted by atomic mass is 9.96. The number of hydrogen-bond donors (Lipinski definition) is 0. The van der Waals surface area contributed by atoms with Gasteiger partial charge in [-0.25, -0.2) is 9.80 Å². The molecule has 4 aromatic rings. The third-order valence-electron chi connectivity index (χ3n) is 6.88. The van der Waals surface area contributed by atoms with Gasteiger partial charge in [0.05, 0.1) is 28.9 Å². The molecule has 0 amide bonds. The Bertz CT molecular complexity index is 1590. The fraction of sp³-hybridized carbons (Fsp3) is 0.161. The number of hydrogen-bond acceptors (Lipinski definition) is 6. The Morgan fingerprint density at radius 3 is 2.56 bits per heavy atom. The Labute approximate surface area is 239 Å². The second-order valence-corrected chi connectivity index (χ2v) is 10.7. The van der Waals surface area contributed by atoms with Crippen LogP contribution in [0, 0.1) is 6.92 Å². The van der Waals surface area contributed by atoms with Gasteiger partial charge in [-0.2, -0.15) is 5.10 Å². The number of aryl methyl sites for hydroxylation is 1. The summed E-state index contributed by atoms with van der Waals surface area (Å²) in [6, 6.07) is 26.6. The fourth-order valence-electron chi connectivity index (χ4n) is 4.91. The zero-order valence-corrected chi connectivity index (χ0v) is 23.6. The maximum atomic E-state index is 12.9. The average molecular weight is 604 g/mol. The number of methoxy groups -OCH3 is 1. The summed E-state index contributed by atoms with van der Waals surface area (Å²) in [4.78, 5) is 12.9. The summed E-state index contributed by atoms with van der Waals surface area (Å²) in [6.07, 6.45) is 0.166. The normalized spacial score (nSPS) is 17.5. The van der Waals surface area contributed by atoms with E-state index in [1.807, 2.05) is 72.6 Å². The van der Waals surface area contributed by atoms with Gasteiger partial charge >= 0.3 is 5.97 Å². The third kappa shape index (κ3) is 4.88. The van der Waals surface area contributed by atoms with Gasteiger partial charge in [0.2, 0.25) is 6.23 Å². The molecule has 0 radical (unpaired) electrons. The van der Waals surface area contributed by atoms with Crippen LogP contribution in [-0.2, 0) is 0 Å². The number of esters is 1. The van der Waals surface area contributed by atoms with E-state index in [4.69, 9.17) is 30.9 Å². The van der Waals surface area contributed by atoms with Crippen molar-refractivity contribution in [2.45, 2.75) is 25.6 Å². The molecule has 2 heterocycles. The molecule has 8 heteroatoms. The van der Waals surface area contributed by atoms with E-state index < -0.39 is 12.2 Å². The number of fused-ring (bicyclic) bond motifs is 3. The van der Waals surface area contributed by atoms with Crippen LogP contribution in [0.25, 0.3) is 0 Å². The zero-order valence-electron chi connectivity index (χ0n) is 21.2. The smallest absolute Gasteiger partial charge is 0.343 e. The van der Waals surface area contributed by atoms with Gasteiger partial charge in [0.15, 0.2) is 11.5 Å². The van der Waals surface area contributed by atoms with Crippen molar-refractivity contribution in [1.29, 1.82) is 0 Å². The highest BCUT2D eigenvalue weighted by molar-refractivity contribution is 9.10. The van der Waals surface area contributed by atoms with Crippen LogP contribution in [0.2, 0.25) is 5.02 Å². The molecule has 0 N–H and O–H groups in total. The number of halogens is 2. The van der Waals surface area contributed by atoms with Crippen molar-refractivity contribution in [2.75, 3.05) is 7.11 Å². The quantitative estimate of drug-likeness (QED) is 0.172. The van der Waals surface area contributed by atoms with Crippen molar-refractivity contribution in [3.05, 3.63) is 122 Å². The summed E-state index contributed by atoms with van der Waals surface area (Å²) in [6.45, 7) is 1.96. The summed E-state index contributed by atoms with van der Waals surface area (Å²) in [5, 5.41) is 7.63. The Balaban J connectivity index is 1.38. The number of benzene rings is 4. The average Bonchev–Trinajstić information content (AvgIpc) is 3.40. The van der Waals surface area contributed by atoms with Crippen LogP contribution in [0.15, 0.2) is 94.5 Å². The second-order valence-electron chi connectivity index (χ2n) is 9.45. The zero-order chi connectivity index (χ0) is 27.1. The standard InChI is InChI=1S/C31H24BrClN2O4/c1-18-8-10-20(11-9-18)31(36)39-29-24(32)14-21(15-28(29)37-2)30-35-26(23-16-22(33)12-13-27(23)38-30)17-25(34-35)19-6-4-3-5-7-19/h3-16,26,30H,17H2,1-2H3/t26-,30-/m0/s1. The molecule has 4 aromatic carbocycles. The lowest BCUT2D eigenvalue weighted by molar-refractivity contribution is -0.0192. The highest BCUT2D eigenvalue weighted by Crippen LogP contribution is 2.50. The summed E-state index contributed by atoms with van der Waals surface area (Å²) in [5.41, 5.74) is 5.32. The Morgan fingerprint density at radius 1 is 1.05 bits per heavy atom. The number of ether oxygens (including phenoxy) is 3. The predicted octanol–water partition coefficient (Wildman–Crippen LogP) is 7.88. The van der Waals surface area contributed by atoms with Crippen molar-refractivity contribution in [2.24, 2.45) is 5.10 Å². The summed E-state index contributed by atoms with van der Waals surface area (Å²) < 4.78 is 18.5. The molecule has 39 heavy (non-hydrogen) atoms. The molecule has 0 saturated heterocycles. The number of carbonyl (C=O) groups excluding carboxylic acids is 1. The first kappa shape index (κ1) is 25.5. The maximum absolute atomic E-state index is 12.9. The highest BCUT2D eigenvalue weighted by atomic mass is 79.9. The van der Waals surface area contributed by atoms with Gasteiger partial charge in [-0.05, 0) is 70.9 Å². The number of rotatable bonds is 5. The van der Waals surface area contributed by atoms with Crippen LogP contribution in [-0.4, -0.2) is 23.8 Å². The second kappa shape index (κ2) is 10.4. The fourth-order valence-corrected chi connectivity index (χ4v) is 5.63. The lowest BCUT2D eigenvalue weighted by Crippen LogP contribution is -2.33. The van der Waals surface area contributed by atoms with Crippen LogP contribution in [0.5, 0.6) is 17.2 Å². The molecule has 2 aliphatic heterocycles. The van der Waals surface area contributed by atoms with E-state index in [-0.39, 0.29) is 6.04 Å². The van der Waals surface area contributed by atoms with Crippen LogP contribution < -0.4 is 14.2 Å². The molecule has 196 valence electrons. The van der Waals surface area contributed by atoms with E-state index in [0.717, 1.165) is 33.7 Å². The van der Waals surface area contributed by atoms with Crippen LogP contribution >= 0.6 is 27.5 Å². The summed E-state index contributed by atoms with van der Waals surface area (Å²) in [7, 11) is 1.54. The van der Waals surface area contributed by atoms with Crippen LogP contribution in [0.4, 0.5) is 0 Å². The third-order valence-corrected chi connectivity index (χ3v) is 7.70. The minimum atomic E-state index is -0.545. The molecule has 0 spiro atoms. The topological polar surface area (TPSA) is 60.4 Å². The van der Waals surface area contributed by atoms with Crippen molar-refractivity contribution in [1.82, 2.24) is 5.01 Å². The molecular weight excluding hydrogens is 580 g/mol. The van der Waals surface area contributed by atoms with Crippen LogP contribution in [0.3, 0.4) is 0 Å². The van der Waals surface area contributed by atoms with Gasteiger partial charge in [-0.3, -0.25) is 0 Å². The number of nitrogens with zero attached hydrogens (tertiary/aromatic N) is 2. The first-order valence-corrected chi connectivity index (χ1v) is 13.6. The van der Waals surface area contributed by atoms with E-state index in [9.17, 15) is 4.79 Å². The van der Waals surface area contributed by atoms with E-state index in [1.54, 1.807) is 12.1 Å². The van der Waals surface area contributed by atoms with Crippen molar-refractivity contribution in [3.63, 3.8) is 0 Å². The molecule has 0 aromatic heterocycles. The number of carbonyl (C=O) groups is 1. The Morgan fingerprint density at radius 2 is 1.82 bits per heavy atom. The molecule has 0 fully saturated rings. The lowest BCUT2D eigenvalue weighted by Gasteiger charge is -2.38. The van der Waals surface area contributed by atoms with Crippen LogP contribution in [0.1, 0.15) is 51.3 Å². The summed E-state index contributed by atoms with van der Waals surface area (Å²) in [5.74, 6) is 0.966. The van der Waals surface area contributed by atoms with Crippen molar-refractivity contribution >= 4 is 39.2 Å². The number of hydrazone groups is 1. The Hall–Kier alpha value is -3.81. The molecule has 0 saturated carbocycles. The molecule has 6 rings (SSSR count). The Kier molecular flexibility index (Phi) is 6.79. The highest BCUT2D eigenvalue weighted by Gasteiger charge is 2.41. The van der Waals surface area contributed by atoms with Gasteiger partial charge in [0.1, 0.15) is 5.75 Å². The molecular formula is C31H24BrClN2O4. The maximum Gasteiger partial charge on any atom is 0.343 e. The molecule has 0 bridgehead atoms. The van der Waals surface area contributed by atoms with Gasteiger partial charge < -0.3 is 14.2 Å². The van der Waals surface area contributed by atoms with Crippen molar-refractivity contribution < 1.29 is 19.0 Å².